The highest BCUT2D eigenvalue weighted by atomic mass is 19.4. The van der Waals surface area contributed by atoms with Gasteiger partial charge < -0.3 is 5.11 Å². The van der Waals surface area contributed by atoms with Crippen LogP contribution in [0.1, 0.15) is 11.1 Å². The standard InChI is InChI=1S/C20H13F4N3O/c21-15-7-9-16(10-8-15)27-18-11-6-14(12-17(18)25-26-27)19(28,20(22,23)24)13-4-2-1-3-5-13/h1-12,28H. The summed E-state index contributed by atoms with van der Waals surface area (Å²) in [6.07, 6.45) is -4.95. The molecule has 4 nitrogen and oxygen atoms in total. The molecule has 0 spiro atoms. The minimum absolute atomic E-state index is 0.167. The Morgan fingerprint density at radius 1 is 0.821 bits per heavy atom. The number of aromatic nitrogens is 3. The van der Waals surface area contributed by atoms with Crippen molar-refractivity contribution in [2.45, 2.75) is 11.8 Å². The van der Waals surface area contributed by atoms with E-state index >= 15 is 0 Å². The van der Waals surface area contributed by atoms with Gasteiger partial charge in [0.1, 0.15) is 11.3 Å². The lowest BCUT2D eigenvalue weighted by Crippen LogP contribution is -2.43. The molecular weight excluding hydrogens is 374 g/mol. The summed E-state index contributed by atoms with van der Waals surface area (Å²) < 4.78 is 56.1. The van der Waals surface area contributed by atoms with Crippen molar-refractivity contribution in [3.63, 3.8) is 0 Å². The molecule has 0 fully saturated rings. The number of fused-ring (bicyclic) bond motifs is 1. The number of aliphatic hydroxyl groups is 1. The Bertz CT molecular complexity index is 1120. The number of hydrogen-bond donors (Lipinski definition) is 1. The average Bonchev–Trinajstić information content (AvgIpc) is 3.11. The summed E-state index contributed by atoms with van der Waals surface area (Å²) in [6.45, 7) is 0. The van der Waals surface area contributed by atoms with Crippen LogP contribution in [0.5, 0.6) is 0 Å². The molecule has 0 aliphatic carbocycles. The van der Waals surface area contributed by atoms with E-state index in [-0.39, 0.29) is 16.6 Å². The smallest absolute Gasteiger partial charge is 0.372 e. The second-order valence-electron chi connectivity index (χ2n) is 6.26. The van der Waals surface area contributed by atoms with Gasteiger partial charge in [-0.05, 0) is 47.5 Å². The van der Waals surface area contributed by atoms with Crippen LogP contribution in [0.4, 0.5) is 17.6 Å². The Hall–Kier alpha value is -3.26. The first-order valence-corrected chi connectivity index (χ1v) is 8.27. The van der Waals surface area contributed by atoms with Crippen LogP contribution in [0.25, 0.3) is 16.7 Å². The zero-order chi connectivity index (χ0) is 19.9. The van der Waals surface area contributed by atoms with Gasteiger partial charge >= 0.3 is 6.18 Å². The molecule has 0 aliphatic rings. The van der Waals surface area contributed by atoms with Crippen LogP contribution in [0.15, 0.2) is 72.8 Å². The van der Waals surface area contributed by atoms with E-state index in [4.69, 9.17) is 0 Å². The number of benzene rings is 3. The third-order valence-corrected chi connectivity index (χ3v) is 4.54. The van der Waals surface area contributed by atoms with E-state index in [0.717, 1.165) is 6.07 Å². The van der Waals surface area contributed by atoms with Gasteiger partial charge in [-0.1, -0.05) is 41.6 Å². The lowest BCUT2D eigenvalue weighted by atomic mass is 9.85. The minimum Gasteiger partial charge on any atom is -0.372 e. The van der Waals surface area contributed by atoms with Crippen molar-refractivity contribution < 1.29 is 22.7 Å². The van der Waals surface area contributed by atoms with E-state index in [0.29, 0.717) is 11.2 Å². The van der Waals surface area contributed by atoms with Gasteiger partial charge in [-0.3, -0.25) is 0 Å². The second-order valence-corrected chi connectivity index (χ2v) is 6.26. The fourth-order valence-corrected chi connectivity index (χ4v) is 3.10. The van der Waals surface area contributed by atoms with Gasteiger partial charge in [0.2, 0.25) is 5.60 Å². The van der Waals surface area contributed by atoms with E-state index < -0.39 is 17.6 Å². The number of halogens is 4. The molecule has 8 heteroatoms. The molecule has 1 atom stereocenters. The van der Waals surface area contributed by atoms with Crippen LogP contribution in [-0.2, 0) is 5.60 Å². The zero-order valence-corrected chi connectivity index (χ0v) is 14.2. The van der Waals surface area contributed by atoms with Crippen LogP contribution in [0.3, 0.4) is 0 Å². The topological polar surface area (TPSA) is 50.9 Å². The van der Waals surface area contributed by atoms with E-state index in [1.807, 2.05) is 0 Å². The maximum atomic E-state index is 13.9. The van der Waals surface area contributed by atoms with Crippen molar-refractivity contribution in [2.24, 2.45) is 0 Å². The predicted octanol–water partition coefficient (Wildman–Crippen LogP) is 4.36. The molecule has 1 heterocycles. The van der Waals surface area contributed by atoms with Gasteiger partial charge in [0.25, 0.3) is 0 Å². The fraction of sp³-hybridized carbons (Fsp3) is 0.100. The molecule has 0 amide bonds. The van der Waals surface area contributed by atoms with Gasteiger partial charge in [-0.2, -0.15) is 13.2 Å². The minimum atomic E-state index is -4.95. The summed E-state index contributed by atoms with van der Waals surface area (Å²) in [7, 11) is 0. The van der Waals surface area contributed by atoms with E-state index in [1.54, 1.807) is 6.07 Å². The summed E-state index contributed by atoms with van der Waals surface area (Å²) in [4.78, 5) is 0. The summed E-state index contributed by atoms with van der Waals surface area (Å²) >= 11 is 0. The summed E-state index contributed by atoms with van der Waals surface area (Å²) in [6, 6.07) is 16.0. The van der Waals surface area contributed by atoms with Gasteiger partial charge in [0.15, 0.2) is 0 Å². The molecule has 1 aromatic heterocycles. The molecule has 0 aliphatic heterocycles. The highest BCUT2D eigenvalue weighted by Gasteiger charge is 2.56. The highest BCUT2D eigenvalue weighted by Crippen LogP contribution is 2.44. The molecule has 28 heavy (non-hydrogen) atoms. The first-order valence-electron chi connectivity index (χ1n) is 8.27. The van der Waals surface area contributed by atoms with E-state index in [9.17, 15) is 22.7 Å². The molecule has 4 aromatic rings. The molecule has 3 aromatic carbocycles. The van der Waals surface area contributed by atoms with Crippen LogP contribution in [0.2, 0.25) is 0 Å². The molecule has 4 rings (SSSR count). The Balaban J connectivity index is 1.86. The zero-order valence-electron chi connectivity index (χ0n) is 14.2. The number of rotatable bonds is 3. The molecule has 0 radical (unpaired) electrons. The van der Waals surface area contributed by atoms with E-state index in [1.165, 1.54) is 65.3 Å². The predicted molar refractivity (Wildman–Crippen MR) is 94.3 cm³/mol. The van der Waals surface area contributed by atoms with Crippen molar-refractivity contribution in [2.75, 3.05) is 0 Å². The first kappa shape index (κ1) is 18.1. The maximum absolute atomic E-state index is 13.9. The Morgan fingerprint density at radius 2 is 1.50 bits per heavy atom. The van der Waals surface area contributed by atoms with Crippen molar-refractivity contribution >= 4 is 11.0 Å². The quantitative estimate of drug-likeness (QED) is 0.532. The molecule has 142 valence electrons. The van der Waals surface area contributed by atoms with E-state index in [2.05, 4.69) is 10.3 Å². The summed E-state index contributed by atoms with van der Waals surface area (Å²) in [5.74, 6) is -0.423. The lowest BCUT2D eigenvalue weighted by molar-refractivity contribution is -0.248. The van der Waals surface area contributed by atoms with Crippen molar-refractivity contribution in [3.8, 4) is 5.69 Å². The lowest BCUT2D eigenvalue weighted by Gasteiger charge is -2.31. The SMILES string of the molecule is OC(c1ccccc1)(c1ccc2c(c1)nnn2-c1ccc(F)cc1)C(F)(F)F. The summed E-state index contributed by atoms with van der Waals surface area (Å²) in [5, 5.41) is 18.5. The highest BCUT2D eigenvalue weighted by molar-refractivity contribution is 5.77. The van der Waals surface area contributed by atoms with Gasteiger partial charge in [-0.15, -0.1) is 5.10 Å². The van der Waals surface area contributed by atoms with Gasteiger partial charge in [-0.25, -0.2) is 9.07 Å². The Morgan fingerprint density at radius 3 is 2.14 bits per heavy atom. The van der Waals surface area contributed by atoms with Crippen molar-refractivity contribution in [3.05, 3.63) is 89.7 Å². The first-order chi connectivity index (χ1) is 13.3. The number of hydrogen-bond acceptors (Lipinski definition) is 3. The number of nitrogens with zero attached hydrogens (tertiary/aromatic N) is 3. The third-order valence-electron chi connectivity index (χ3n) is 4.54. The third kappa shape index (κ3) is 2.82. The Labute approximate surface area is 156 Å². The largest absolute Gasteiger partial charge is 0.425 e. The van der Waals surface area contributed by atoms with Crippen LogP contribution in [-0.4, -0.2) is 26.3 Å². The second kappa shape index (κ2) is 6.42. The molecule has 1 N–H and O–H groups in total. The molecular formula is C20H13F4N3O. The normalized spacial score (nSPS) is 14.2. The van der Waals surface area contributed by atoms with Crippen LogP contribution >= 0.6 is 0 Å². The molecule has 1 unspecified atom stereocenters. The Kier molecular flexibility index (Phi) is 4.15. The van der Waals surface area contributed by atoms with Crippen LogP contribution < -0.4 is 0 Å². The maximum Gasteiger partial charge on any atom is 0.425 e. The molecule has 0 bridgehead atoms. The molecule has 0 saturated heterocycles. The fourth-order valence-electron chi connectivity index (χ4n) is 3.10. The number of alkyl halides is 3. The van der Waals surface area contributed by atoms with Gasteiger partial charge in [0, 0.05) is 0 Å². The summed E-state index contributed by atoms with van der Waals surface area (Å²) in [5.41, 5.74) is -2.76. The van der Waals surface area contributed by atoms with Crippen LogP contribution in [0, 0.1) is 5.82 Å². The average molecular weight is 387 g/mol. The van der Waals surface area contributed by atoms with Crippen molar-refractivity contribution in [1.29, 1.82) is 0 Å². The van der Waals surface area contributed by atoms with Gasteiger partial charge in [0.05, 0.1) is 11.2 Å². The van der Waals surface area contributed by atoms with Crippen molar-refractivity contribution in [1.82, 2.24) is 15.0 Å². The molecule has 0 saturated carbocycles. The monoisotopic (exact) mass is 387 g/mol.